The Labute approximate surface area is 226 Å². The van der Waals surface area contributed by atoms with Gasteiger partial charge in [-0.25, -0.2) is 29.5 Å². The van der Waals surface area contributed by atoms with Gasteiger partial charge in [0.05, 0.1) is 25.5 Å². The molecule has 39 heavy (non-hydrogen) atoms. The van der Waals surface area contributed by atoms with E-state index in [9.17, 15) is 14.7 Å². The molecular formula is C27H32N8O4. The first-order valence-electron chi connectivity index (χ1n) is 13.0. The number of carboxylic acids is 1. The van der Waals surface area contributed by atoms with Crippen molar-refractivity contribution in [1.82, 2.24) is 25.3 Å². The number of nitrogens with one attached hydrogen (secondary N) is 2. The van der Waals surface area contributed by atoms with Gasteiger partial charge < -0.3 is 30.3 Å². The number of ether oxygens (including phenoxy) is 1. The molecule has 0 spiro atoms. The normalized spacial score (nSPS) is 15.1. The molecule has 12 nitrogen and oxygen atoms in total. The minimum absolute atomic E-state index is 0.0157. The van der Waals surface area contributed by atoms with Crippen molar-refractivity contribution in [3.63, 3.8) is 0 Å². The number of aromatic nitrogens is 4. The number of urea groups is 1. The van der Waals surface area contributed by atoms with Gasteiger partial charge in [0.1, 0.15) is 5.82 Å². The number of aromatic carboxylic acids is 1. The van der Waals surface area contributed by atoms with E-state index in [1.54, 1.807) is 13.8 Å². The van der Waals surface area contributed by atoms with Gasteiger partial charge in [-0.1, -0.05) is 0 Å². The summed E-state index contributed by atoms with van der Waals surface area (Å²) >= 11 is 0. The number of benzene rings is 1. The van der Waals surface area contributed by atoms with Crippen LogP contribution in [0, 0.1) is 13.8 Å². The number of fused-ring (bicyclic) bond motifs is 1. The highest BCUT2D eigenvalue weighted by Crippen LogP contribution is 2.32. The number of morpholine rings is 1. The summed E-state index contributed by atoms with van der Waals surface area (Å²) in [6.07, 6.45) is 0.677. The summed E-state index contributed by atoms with van der Waals surface area (Å²) in [6.45, 7) is 9.72. The van der Waals surface area contributed by atoms with E-state index in [0.29, 0.717) is 68.0 Å². The zero-order chi connectivity index (χ0) is 27.5. The maximum Gasteiger partial charge on any atom is 0.354 e. The van der Waals surface area contributed by atoms with Crippen molar-refractivity contribution in [3.05, 3.63) is 52.5 Å². The first-order chi connectivity index (χ1) is 18.8. The van der Waals surface area contributed by atoms with Crippen LogP contribution in [0.1, 0.15) is 39.9 Å². The third-order valence-electron chi connectivity index (χ3n) is 6.96. The van der Waals surface area contributed by atoms with Gasteiger partial charge in [0, 0.05) is 54.3 Å². The van der Waals surface area contributed by atoms with E-state index in [4.69, 9.17) is 14.7 Å². The minimum atomic E-state index is -1.07. The Hall–Kier alpha value is -4.32. The van der Waals surface area contributed by atoms with Crippen LogP contribution in [0.4, 0.5) is 22.2 Å². The highest BCUT2D eigenvalue weighted by atomic mass is 16.5. The summed E-state index contributed by atoms with van der Waals surface area (Å²) in [4.78, 5) is 46.8. The van der Waals surface area contributed by atoms with Crippen LogP contribution in [0.2, 0.25) is 0 Å². The quantitative estimate of drug-likeness (QED) is 0.433. The summed E-state index contributed by atoms with van der Waals surface area (Å²) in [5, 5.41) is 15.2. The SMILES string of the molecule is CCNC(=O)Nc1ccc(-c2nc3c(c(N4CCOCC4)n2)CCN(c2nc(C)c(C)c(C(=O)O)n2)C3)cc1. The lowest BCUT2D eigenvalue weighted by Crippen LogP contribution is -2.40. The number of hydrogen-bond acceptors (Lipinski definition) is 9. The highest BCUT2D eigenvalue weighted by molar-refractivity contribution is 5.89. The van der Waals surface area contributed by atoms with Gasteiger partial charge in [-0.15, -0.1) is 0 Å². The second-order valence-corrected chi connectivity index (χ2v) is 9.52. The lowest BCUT2D eigenvalue weighted by atomic mass is 10.0. The van der Waals surface area contributed by atoms with Gasteiger partial charge in [-0.2, -0.15) is 0 Å². The van der Waals surface area contributed by atoms with Crippen molar-refractivity contribution in [2.24, 2.45) is 0 Å². The molecule has 3 N–H and O–H groups in total. The van der Waals surface area contributed by atoms with Crippen LogP contribution >= 0.6 is 0 Å². The van der Waals surface area contributed by atoms with Crippen LogP contribution in [0.3, 0.4) is 0 Å². The van der Waals surface area contributed by atoms with Gasteiger partial charge in [-0.3, -0.25) is 0 Å². The summed E-state index contributed by atoms with van der Waals surface area (Å²) < 4.78 is 5.57. The lowest BCUT2D eigenvalue weighted by molar-refractivity contribution is 0.0689. The average molecular weight is 533 g/mol. The Morgan fingerprint density at radius 2 is 1.74 bits per heavy atom. The molecule has 2 aromatic heterocycles. The van der Waals surface area contributed by atoms with Crippen molar-refractivity contribution in [2.75, 3.05) is 54.5 Å². The van der Waals surface area contributed by atoms with Crippen LogP contribution in [0.25, 0.3) is 11.4 Å². The molecule has 0 atom stereocenters. The van der Waals surface area contributed by atoms with Crippen molar-refractivity contribution < 1.29 is 19.4 Å². The molecule has 0 unspecified atom stereocenters. The van der Waals surface area contributed by atoms with Crippen LogP contribution in [-0.2, 0) is 17.7 Å². The Balaban J connectivity index is 1.50. The van der Waals surface area contributed by atoms with E-state index in [1.165, 1.54) is 0 Å². The Kier molecular flexibility index (Phi) is 7.55. The molecule has 12 heteroatoms. The number of carboxylic acid groups (broad SMARTS) is 1. The second kappa shape index (κ2) is 11.2. The van der Waals surface area contributed by atoms with Crippen LogP contribution < -0.4 is 20.4 Å². The average Bonchev–Trinajstić information content (AvgIpc) is 2.94. The van der Waals surface area contributed by atoms with Gasteiger partial charge >= 0.3 is 12.0 Å². The Morgan fingerprint density at radius 1 is 1.00 bits per heavy atom. The molecular weight excluding hydrogens is 500 g/mol. The number of amides is 2. The van der Waals surface area contributed by atoms with E-state index in [0.717, 1.165) is 35.7 Å². The van der Waals surface area contributed by atoms with Gasteiger partial charge in [0.15, 0.2) is 11.5 Å². The van der Waals surface area contributed by atoms with Crippen LogP contribution in [0.5, 0.6) is 0 Å². The smallest absolute Gasteiger partial charge is 0.354 e. The summed E-state index contributed by atoms with van der Waals surface area (Å²) in [5.41, 5.74) is 4.64. The number of carbonyl (C=O) groups excluding carboxylic acids is 1. The molecule has 2 aliphatic heterocycles. The highest BCUT2D eigenvalue weighted by Gasteiger charge is 2.28. The topological polar surface area (TPSA) is 146 Å². The number of carbonyl (C=O) groups is 2. The Morgan fingerprint density at radius 3 is 2.44 bits per heavy atom. The van der Waals surface area contributed by atoms with E-state index in [1.807, 2.05) is 36.1 Å². The molecule has 5 rings (SSSR count). The molecule has 4 heterocycles. The molecule has 0 radical (unpaired) electrons. The van der Waals surface area contributed by atoms with E-state index in [-0.39, 0.29) is 11.7 Å². The van der Waals surface area contributed by atoms with Crippen molar-refractivity contribution in [2.45, 2.75) is 33.7 Å². The van der Waals surface area contributed by atoms with E-state index < -0.39 is 5.97 Å². The first-order valence-corrected chi connectivity index (χ1v) is 13.0. The maximum atomic E-state index is 11.9. The molecule has 204 valence electrons. The van der Waals surface area contributed by atoms with Crippen molar-refractivity contribution in [3.8, 4) is 11.4 Å². The van der Waals surface area contributed by atoms with Gasteiger partial charge in [0.2, 0.25) is 5.95 Å². The molecule has 0 saturated carbocycles. The van der Waals surface area contributed by atoms with E-state index >= 15 is 0 Å². The van der Waals surface area contributed by atoms with Crippen LogP contribution in [-0.4, -0.2) is 76.4 Å². The summed E-state index contributed by atoms with van der Waals surface area (Å²) in [6, 6.07) is 7.16. The fourth-order valence-corrected chi connectivity index (χ4v) is 4.75. The number of rotatable bonds is 6. The first kappa shape index (κ1) is 26.3. The predicted octanol–water partition coefficient (Wildman–Crippen LogP) is 2.79. The zero-order valence-electron chi connectivity index (χ0n) is 22.3. The molecule has 1 fully saturated rings. The van der Waals surface area contributed by atoms with Gasteiger partial charge in [0.25, 0.3) is 0 Å². The summed E-state index contributed by atoms with van der Waals surface area (Å²) in [7, 11) is 0. The fourth-order valence-electron chi connectivity index (χ4n) is 4.75. The molecule has 2 amide bonds. The van der Waals surface area contributed by atoms with Gasteiger partial charge in [-0.05, 0) is 51.5 Å². The fraction of sp³-hybridized carbons (Fsp3) is 0.407. The second-order valence-electron chi connectivity index (χ2n) is 9.52. The number of hydrogen-bond donors (Lipinski definition) is 3. The minimum Gasteiger partial charge on any atom is -0.476 e. The van der Waals surface area contributed by atoms with Crippen LogP contribution in [0.15, 0.2) is 24.3 Å². The number of anilines is 3. The lowest BCUT2D eigenvalue weighted by Gasteiger charge is -2.34. The monoisotopic (exact) mass is 532 g/mol. The molecule has 0 aliphatic carbocycles. The number of aryl methyl sites for hydroxylation is 1. The third-order valence-corrected chi connectivity index (χ3v) is 6.96. The predicted molar refractivity (Wildman–Crippen MR) is 146 cm³/mol. The molecule has 3 aromatic rings. The van der Waals surface area contributed by atoms with Crippen molar-refractivity contribution >= 4 is 29.5 Å². The Bertz CT molecular complexity index is 1390. The largest absolute Gasteiger partial charge is 0.476 e. The molecule has 0 bridgehead atoms. The standard InChI is InChI=1S/C27H32N8O4/c1-4-28-27(38)30-19-7-5-18(6-8-19)23-31-21-15-35(26-29-17(3)16(2)22(32-26)25(36)37)10-9-20(21)24(33-23)34-11-13-39-14-12-34/h5-8H,4,9-15H2,1-3H3,(H,36,37)(H2,28,30,38). The maximum absolute atomic E-state index is 11.9. The van der Waals surface area contributed by atoms with Crippen molar-refractivity contribution in [1.29, 1.82) is 0 Å². The molecule has 1 aromatic carbocycles. The molecule has 1 saturated heterocycles. The molecule has 2 aliphatic rings. The zero-order valence-corrected chi connectivity index (χ0v) is 22.3. The van der Waals surface area contributed by atoms with E-state index in [2.05, 4.69) is 25.5 Å². The summed E-state index contributed by atoms with van der Waals surface area (Å²) in [5.74, 6) is 0.791. The third kappa shape index (κ3) is 5.60. The number of nitrogens with zero attached hydrogens (tertiary/aromatic N) is 6.